The van der Waals surface area contributed by atoms with E-state index < -0.39 is 0 Å². The van der Waals surface area contributed by atoms with Gasteiger partial charge in [0, 0.05) is 25.3 Å². The Hall–Kier alpha value is -3.33. The first kappa shape index (κ1) is 22.8. The molecule has 0 atom stereocenters. The summed E-state index contributed by atoms with van der Waals surface area (Å²) in [5, 5.41) is 14.6. The number of fused-ring (bicyclic) bond motifs is 1. The molecule has 3 aromatic rings. The first-order valence-corrected chi connectivity index (χ1v) is 11.9. The van der Waals surface area contributed by atoms with Gasteiger partial charge in [0.15, 0.2) is 11.0 Å². The Morgan fingerprint density at radius 2 is 1.70 bits per heavy atom. The van der Waals surface area contributed by atoms with Crippen LogP contribution in [0.15, 0.2) is 47.6 Å². The minimum absolute atomic E-state index is 0.140. The number of ether oxygens (including phenoxy) is 1. The van der Waals surface area contributed by atoms with Crippen molar-refractivity contribution in [1.82, 2.24) is 14.8 Å². The first-order valence-electron chi connectivity index (χ1n) is 10.9. The predicted molar refractivity (Wildman–Crippen MR) is 129 cm³/mol. The number of rotatable bonds is 8. The van der Waals surface area contributed by atoms with Gasteiger partial charge in [0.25, 0.3) is 0 Å². The molecule has 2 amide bonds. The van der Waals surface area contributed by atoms with Crippen molar-refractivity contribution in [2.45, 2.75) is 44.4 Å². The van der Waals surface area contributed by atoms with E-state index in [0.717, 1.165) is 18.6 Å². The van der Waals surface area contributed by atoms with Crippen molar-refractivity contribution in [2.75, 3.05) is 16.4 Å². The van der Waals surface area contributed by atoms with Gasteiger partial charge in [-0.1, -0.05) is 17.8 Å². The van der Waals surface area contributed by atoms with Gasteiger partial charge in [-0.3, -0.25) is 9.59 Å². The number of hydrogen-bond acceptors (Lipinski definition) is 6. The Balaban J connectivity index is 1.27. The van der Waals surface area contributed by atoms with E-state index >= 15 is 0 Å². The van der Waals surface area contributed by atoms with Crippen LogP contribution in [0.25, 0.3) is 0 Å². The number of nitrogens with one attached hydrogen (secondary N) is 2. The Labute approximate surface area is 197 Å². The molecule has 0 fully saturated rings. The maximum Gasteiger partial charge on any atom is 0.234 e. The number of carbonyl (C=O) groups is 2. The minimum atomic E-state index is -0.151. The molecular formula is C24H27N5O3S. The molecule has 0 spiro atoms. The number of anilines is 2. The molecule has 2 aromatic carbocycles. The molecule has 0 saturated heterocycles. The Morgan fingerprint density at radius 1 is 1.00 bits per heavy atom. The Morgan fingerprint density at radius 3 is 2.42 bits per heavy atom. The highest BCUT2D eigenvalue weighted by molar-refractivity contribution is 7.99. The van der Waals surface area contributed by atoms with Gasteiger partial charge < -0.3 is 19.9 Å². The first-order chi connectivity index (χ1) is 16.0. The second-order valence-electron chi connectivity index (χ2n) is 7.98. The van der Waals surface area contributed by atoms with E-state index in [2.05, 4.69) is 33.0 Å². The van der Waals surface area contributed by atoms with Gasteiger partial charge in [-0.15, -0.1) is 10.2 Å². The molecule has 8 nitrogen and oxygen atoms in total. The van der Waals surface area contributed by atoms with Crippen molar-refractivity contribution in [3.63, 3.8) is 0 Å². The van der Waals surface area contributed by atoms with E-state index in [4.69, 9.17) is 4.74 Å². The van der Waals surface area contributed by atoms with Gasteiger partial charge in [-0.05, 0) is 73.2 Å². The van der Waals surface area contributed by atoms with Gasteiger partial charge >= 0.3 is 0 Å². The van der Waals surface area contributed by atoms with Crippen LogP contribution in [0.1, 0.15) is 36.7 Å². The Bertz CT molecular complexity index is 1140. The summed E-state index contributed by atoms with van der Waals surface area (Å²) in [6.45, 7) is 1.76. The number of amides is 2. The van der Waals surface area contributed by atoms with E-state index in [0.29, 0.717) is 29.0 Å². The quantitative estimate of drug-likeness (QED) is 0.489. The fourth-order valence-electron chi connectivity index (χ4n) is 3.71. The summed E-state index contributed by atoms with van der Waals surface area (Å²) < 4.78 is 7.80. The number of aryl methyl sites for hydroxylation is 2. The lowest BCUT2D eigenvalue weighted by atomic mass is 9.92. The molecule has 1 aliphatic carbocycles. The van der Waals surface area contributed by atoms with Crippen LogP contribution in [0.5, 0.6) is 5.75 Å². The molecule has 0 saturated carbocycles. The number of hydrogen-bond donors (Lipinski definition) is 2. The van der Waals surface area contributed by atoms with Gasteiger partial charge in [0.2, 0.25) is 11.8 Å². The maximum absolute atomic E-state index is 12.3. The van der Waals surface area contributed by atoms with Gasteiger partial charge in [-0.2, -0.15) is 0 Å². The van der Waals surface area contributed by atoms with Gasteiger partial charge in [0.05, 0.1) is 5.75 Å². The van der Waals surface area contributed by atoms with Crippen LogP contribution in [0.2, 0.25) is 0 Å². The van der Waals surface area contributed by atoms with E-state index in [1.165, 1.54) is 42.7 Å². The van der Waals surface area contributed by atoms with Crippen LogP contribution in [0.4, 0.5) is 11.4 Å². The van der Waals surface area contributed by atoms with Crippen molar-refractivity contribution in [3.8, 4) is 5.75 Å². The maximum atomic E-state index is 12.3. The highest BCUT2D eigenvalue weighted by Crippen LogP contribution is 2.26. The molecule has 172 valence electrons. The molecule has 1 heterocycles. The molecule has 0 aliphatic heterocycles. The van der Waals surface area contributed by atoms with Crippen LogP contribution in [0, 0.1) is 0 Å². The molecule has 4 rings (SSSR count). The van der Waals surface area contributed by atoms with E-state index in [-0.39, 0.29) is 17.6 Å². The average molecular weight is 466 g/mol. The lowest BCUT2D eigenvalue weighted by Crippen LogP contribution is -2.14. The normalized spacial score (nSPS) is 12.7. The zero-order chi connectivity index (χ0) is 23.2. The second-order valence-corrected chi connectivity index (χ2v) is 8.92. The molecular weight excluding hydrogens is 438 g/mol. The van der Waals surface area contributed by atoms with E-state index in [9.17, 15) is 9.59 Å². The number of nitrogens with zero attached hydrogens (tertiary/aromatic N) is 3. The average Bonchev–Trinajstić information content (AvgIpc) is 3.16. The third-order valence-corrected chi connectivity index (χ3v) is 6.45. The molecule has 0 radical (unpaired) electrons. The van der Waals surface area contributed by atoms with Crippen LogP contribution >= 0.6 is 11.8 Å². The van der Waals surface area contributed by atoms with E-state index in [1.807, 2.05) is 17.7 Å². The molecule has 1 aromatic heterocycles. The second kappa shape index (κ2) is 10.5. The van der Waals surface area contributed by atoms with Crippen LogP contribution in [-0.4, -0.2) is 32.3 Å². The van der Waals surface area contributed by atoms with Crippen LogP contribution < -0.4 is 15.4 Å². The van der Waals surface area contributed by atoms with Crippen molar-refractivity contribution in [1.29, 1.82) is 0 Å². The number of thioether (sulfide) groups is 1. The topological polar surface area (TPSA) is 98.1 Å². The summed E-state index contributed by atoms with van der Waals surface area (Å²) in [7, 11) is 1.87. The zero-order valence-electron chi connectivity index (χ0n) is 18.8. The van der Waals surface area contributed by atoms with Crippen molar-refractivity contribution < 1.29 is 14.3 Å². The zero-order valence-corrected chi connectivity index (χ0v) is 19.6. The molecule has 0 unspecified atom stereocenters. The summed E-state index contributed by atoms with van der Waals surface area (Å²) in [6, 6.07) is 13.3. The molecule has 9 heteroatoms. The number of aromatic nitrogens is 3. The summed E-state index contributed by atoms with van der Waals surface area (Å²) >= 11 is 1.31. The Kier molecular flexibility index (Phi) is 7.29. The van der Waals surface area contributed by atoms with Crippen molar-refractivity contribution >= 4 is 35.0 Å². The summed E-state index contributed by atoms with van der Waals surface area (Å²) in [5.41, 5.74) is 4.14. The van der Waals surface area contributed by atoms with Crippen molar-refractivity contribution in [2.24, 2.45) is 7.05 Å². The monoisotopic (exact) mass is 465 g/mol. The lowest BCUT2D eigenvalue weighted by molar-refractivity contribution is -0.114. The SMILES string of the molecule is CC(=O)Nc1ccc(NC(=O)CSc2nnc(COc3ccc4c(c3)CCCC4)n2C)cc1. The highest BCUT2D eigenvalue weighted by Gasteiger charge is 2.14. The van der Waals surface area contributed by atoms with Gasteiger partial charge in [-0.25, -0.2) is 0 Å². The number of benzene rings is 2. The summed E-state index contributed by atoms with van der Waals surface area (Å²) in [6.07, 6.45) is 4.75. The fourth-order valence-corrected chi connectivity index (χ4v) is 4.44. The third kappa shape index (κ3) is 6.13. The summed E-state index contributed by atoms with van der Waals surface area (Å²) in [5.74, 6) is 1.45. The van der Waals surface area contributed by atoms with E-state index in [1.54, 1.807) is 24.3 Å². The fraction of sp³-hybridized carbons (Fsp3) is 0.333. The molecule has 33 heavy (non-hydrogen) atoms. The minimum Gasteiger partial charge on any atom is -0.486 e. The molecule has 1 aliphatic rings. The smallest absolute Gasteiger partial charge is 0.234 e. The number of carbonyl (C=O) groups excluding carboxylic acids is 2. The van der Waals surface area contributed by atoms with Crippen LogP contribution in [0.3, 0.4) is 0 Å². The molecule has 0 bridgehead atoms. The highest BCUT2D eigenvalue weighted by atomic mass is 32.2. The lowest BCUT2D eigenvalue weighted by Gasteiger charge is -2.16. The van der Waals surface area contributed by atoms with Gasteiger partial charge in [0.1, 0.15) is 12.4 Å². The predicted octanol–water partition coefficient (Wildman–Crippen LogP) is 3.96. The molecule has 2 N–H and O–H groups in total. The largest absolute Gasteiger partial charge is 0.486 e. The van der Waals surface area contributed by atoms with Crippen molar-refractivity contribution in [3.05, 3.63) is 59.4 Å². The standard InChI is InChI=1S/C24H27N5O3S/c1-16(30)25-19-8-10-20(11-9-19)26-23(31)15-33-24-28-27-22(29(24)2)14-32-21-12-7-17-5-3-4-6-18(17)13-21/h7-13H,3-6,14-15H2,1-2H3,(H,25,30)(H,26,31). The van der Waals surface area contributed by atoms with Crippen LogP contribution in [-0.2, 0) is 36.1 Å². The summed E-state index contributed by atoms with van der Waals surface area (Å²) in [4.78, 5) is 23.4. The third-order valence-electron chi connectivity index (χ3n) is 5.43.